The highest BCUT2D eigenvalue weighted by Gasteiger charge is 2.32. The van der Waals surface area contributed by atoms with Crippen LogP contribution in [0.2, 0.25) is 0 Å². The topological polar surface area (TPSA) is 82.1 Å². The van der Waals surface area contributed by atoms with E-state index in [-0.39, 0.29) is 12.3 Å². The molecule has 6 heteroatoms. The number of nitrogens with one attached hydrogen (secondary N) is 1. The monoisotopic (exact) mass is 252 g/mol. The van der Waals surface area contributed by atoms with Crippen LogP contribution in [0.25, 0.3) is 0 Å². The zero-order valence-corrected chi connectivity index (χ0v) is 10.9. The summed E-state index contributed by atoms with van der Waals surface area (Å²) in [5.41, 5.74) is -0.585. The van der Waals surface area contributed by atoms with Gasteiger partial charge in [-0.1, -0.05) is 6.92 Å². The molecule has 1 aromatic rings. The second-order valence-electron chi connectivity index (χ2n) is 4.97. The van der Waals surface area contributed by atoms with E-state index >= 15 is 0 Å². The van der Waals surface area contributed by atoms with E-state index < -0.39 is 5.60 Å². The molecule has 0 aromatic carbocycles. The van der Waals surface area contributed by atoms with Gasteiger partial charge in [0.1, 0.15) is 5.82 Å². The van der Waals surface area contributed by atoms with Crippen LogP contribution in [0.4, 0.5) is 0 Å². The van der Waals surface area contributed by atoms with Crippen molar-refractivity contribution in [1.29, 1.82) is 0 Å². The van der Waals surface area contributed by atoms with Crippen molar-refractivity contribution < 1.29 is 9.90 Å². The second-order valence-corrected chi connectivity index (χ2v) is 4.97. The van der Waals surface area contributed by atoms with Crippen LogP contribution in [0.3, 0.4) is 0 Å². The van der Waals surface area contributed by atoms with Gasteiger partial charge in [0.25, 0.3) is 0 Å². The van der Waals surface area contributed by atoms with Crippen LogP contribution >= 0.6 is 0 Å². The molecule has 6 nitrogen and oxygen atoms in total. The van der Waals surface area contributed by atoms with Gasteiger partial charge in [0.2, 0.25) is 5.91 Å². The van der Waals surface area contributed by atoms with Crippen LogP contribution < -0.4 is 0 Å². The Hall–Kier alpha value is -1.43. The van der Waals surface area contributed by atoms with Crippen molar-refractivity contribution in [3.63, 3.8) is 0 Å². The first-order valence-corrected chi connectivity index (χ1v) is 6.40. The van der Waals surface area contributed by atoms with Crippen LogP contribution in [0, 0.1) is 6.92 Å². The van der Waals surface area contributed by atoms with E-state index in [9.17, 15) is 9.90 Å². The van der Waals surface area contributed by atoms with Gasteiger partial charge in [0.15, 0.2) is 5.82 Å². The standard InChI is InChI=1S/C12H20N4O2/c1-3-12(18)4-6-16(7-5-12)11(17)8-10-13-9(2)14-15-10/h18H,3-8H2,1-2H3,(H,13,14,15). The number of amides is 1. The molecule has 0 radical (unpaired) electrons. The predicted octanol–water partition coefficient (Wildman–Crippen LogP) is 0.419. The van der Waals surface area contributed by atoms with Gasteiger partial charge >= 0.3 is 0 Å². The van der Waals surface area contributed by atoms with E-state index in [4.69, 9.17) is 0 Å². The number of aromatic nitrogens is 3. The fraction of sp³-hybridized carbons (Fsp3) is 0.750. The zero-order valence-electron chi connectivity index (χ0n) is 10.9. The molecule has 0 saturated carbocycles. The average Bonchev–Trinajstić information content (AvgIpc) is 2.75. The third-order valence-corrected chi connectivity index (χ3v) is 3.66. The van der Waals surface area contributed by atoms with Gasteiger partial charge in [-0.15, -0.1) is 0 Å². The third-order valence-electron chi connectivity index (χ3n) is 3.66. The molecule has 0 aliphatic carbocycles. The summed E-state index contributed by atoms with van der Waals surface area (Å²) in [7, 11) is 0. The van der Waals surface area contributed by atoms with Crippen molar-refractivity contribution >= 4 is 5.91 Å². The summed E-state index contributed by atoms with van der Waals surface area (Å²) in [6, 6.07) is 0. The molecule has 1 amide bonds. The summed E-state index contributed by atoms with van der Waals surface area (Å²) < 4.78 is 0. The van der Waals surface area contributed by atoms with E-state index in [0.717, 1.165) is 12.2 Å². The number of hydrogen-bond acceptors (Lipinski definition) is 4. The Labute approximate surface area is 106 Å². The smallest absolute Gasteiger partial charge is 0.230 e. The van der Waals surface area contributed by atoms with Crippen molar-refractivity contribution in [3.05, 3.63) is 11.6 Å². The zero-order chi connectivity index (χ0) is 13.2. The number of likely N-dealkylation sites (tertiary alicyclic amines) is 1. The third kappa shape index (κ3) is 2.87. The van der Waals surface area contributed by atoms with Gasteiger partial charge in [-0.25, -0.2) is 4.98 Å². The molecule has 1 fully saturated rings. The van der Waals surface area contributed by atoms with Gasteiger partial charge in [-0.05, 0) is 26.2 Å². The van der Waals surface area contributed by atoms with E-state index in [1.807, 2.05) is 13.8 Å². The summed E-state index contributed by atoms with van der Waals surface area (Å²) in [6.07, 6.45) is 2.29. The lowest BCUT2D eigenvalue weighted by Gasteiger charge is -2.37. The van der Waals surface area contributed by atoms with Crippen molar-refractivity contribution in [1.82, 2.24) is 20.1 Å². The first kappa shape index (κ1) is 13.0. The molecular formula is C12H20N4O2. The van der Waals surface area contributed by atoms with Crippen LogP contribution in [0.5, 0.6) is 0 Å². The van der Waals surface area contributed by atoms with Gasteiger partial charge in [-0.3, -0.25) is 9.89 Å². The summed E-state index contributed by atoms with van der Waals surface area (Å²) in [6.45, 7) is 5.02. The lowest BCUT2D eigenvalue weighted by molar-refractivity contribution is -0.134. The maximum absolute atomic E-state index is 12.0. The number of aryl methyl sites for hydroxylation is 1. The number of carbonyl (C=O) groups is 1. The predicted molar refractivity (Wildman–Crippen MR) is 65.9 cm³/mol. The number of carbonyl (C=O) groups excluding carboxylic acids is 1. The Balaban J connectivity index is 1.88. The highest BCUT2D eigenvalue weighted by Crippen LogP contribution is 2.25. The Morgan fingerprint density at radius 2 is 2.17 bits per heavy atom. The molecule has 1 aromatic heterocycles. The van der Waals surface area contributed by atoms with Crippen LogP contribution in [-0.2, 0) is 11.2 Å². The van der Waals surface area contributed by atoms with Gasteiger partial charge in [0.05, 0.1) is 12.0 Å². The molecule has 0 unspecified atom stereocenters. The molecule has 1 aliphatic heterocycles. The molecule has 0 spiro atoms. The number of H-pyrrole nitrogens is 1. The SMILES string of the molecule is CCC1(O)CCN(C(=O)Cc2n[nH]c(C)n2)CC1. The Morgan fingerprint density at radius 1 is 1.50 bits per heavy atom. The largest absolute Gasteiger partial charge is 0.390 e. The van der Waals surface area contributed by atoms with Crippen molar-refractivity contribution in [2.45, 2.75) is 45.1 Å². The lowest BCUT2D eigenvalue weighted by Crippen LogP contribution is -2.46. The molecule has 0 bridgehead atoms. The van der Waals surface area contributed by atoms with Crippen molar-refractivity contribution in [2.75, 3.05) is 13.1 Å². The molecule has 100 valence electrons. The maximum Gasteiger partial charge on any atom is 0.230 e. The molecule has 1 saturated heterocycles. The lowest BCUT2D eigenvalue weighted by atomic mass is 9.89. The van der Waals surface area contributed by atoms with Crippen molar-refractivity contribution in [3.8, 4) is 0 Å². The first-order chi connectivity index (χ1) is 8.52. The van der Waals surface area contributed by atoms with E-state index in [1.165, 1.54) is 0 Å². The van der Waals surface area contributed by atoms with E-state index in [2.05, 4.69) is 15.2 Å². The van der Waals surface area contributed by atoms with Crippen LogP contribution in [0.15, 0.2) is 0 Å². The van der Waals surface area contributed by atoms with Crippen LogP contribution in [0.1, 0.15) is 37.8 Å². The number of hydrogen-bond donors (Lipinski definition) is 2. The van der Waals surface area contributed by atoms with Gasteiger partial charge in [0, 0.05) is 13.1 Å². The summed E-state index contributed by atoms with van der Waals surface area (Å²) in [5.74, 6) is 1.29. The summed E-state index contributed by atoms with van der Waals surface area (Å²) in [5, 5.41) is 16.8. The molecule has 2 heterocycles. The maximum atomic E-state index is 12.0. The molecule has 18 heavy (non-hydrogen) atoms. The minimum Gasteiger partial charge on any atom is -0.390 e. The number of aromatic amines is 1. The normalized spacial score (nSPS) is 18.9. The van der Waals surface area contributed by atoms with E-state index in [0.29, 0.717) is 31.8 Å². The quantitative estimate of drug-likeness (QED) is 0.816. The molecular weight excluding hydrogens is 232 g/mol. The highest BCUT2D eigenvalue weighted by atomic mass is 16.3. The fourth-order valence-electron chi connectivity index (χ4n) is 2.24. The fourth-order valence-corrected chi connectivity index (χ4v) is 2.24. The molecule has 0 atom stereocenters. The first-order valence-electron chi connectivity index (χ1n) is 6.40. The van der Waals surface area contributed by atoms with Crippen molar-refractivity contribution in [2.24, 2.45) is 0 Å². The summed E-state index contributed by atoms with van der Waals surface area (Å²) in [4.78, 5) is 17.9. The second kappa shape index (κ2) is 5.06. The highest BCUT2D eigenvalue weighted by molar-refractivity contribution is 5.78. The Kier molecular flexibility index (Phi) is 3.65. The van der Waals surface area contributed by atoms with Gasteiger partial charge < -0.3 is 10.0 Å². The molecule has 1 aliphatic rings. The Bertz CT molecular complexity index is 421. The van der Waals surface area contributed by atoms with E-state index in [1.54, 1.807) is 4.90 Å². The Morgan fingerprint density at radius 3 is 2.67 bits per heavy atom. The minimum absolute atomic E-state index is 0.0344. The number of rotatable bonds is 3. The minimum atomic E-state index is -0.585. The molecule has 2 N–H and O–H groups in total. The average molecular weight is 252 g/mol. The molecule has 2 rings (SSSR count). The summed E-state index contributed by atoms with van der Waals surface area (Å²) >= 11 is 0. The van der Waals surface area contributed by atoms with Gasteiger partial charge in [-0.2, -0.15) is 5.10 Å². The number of aliphatic hydroxyl groups is 1. The number of piperidine rings is 1. The van der Waals surface area contributed by atoms with Crippen LogP contribution in [-0.4, -0.2) is 49.8 Å². The number of nitrogens with zero attached hydrogens (tertiary/aromatic N) is 3.